The SMILES string of the molecule is Cc1cccc(CNC(=O)N2CCN(c3ccc(N(C)C)cc3)CC2)c1. The topological polar surface area (TPSA) is 38.8 Å². The van der Waals surface area contributed by atoms with E-state index in [9.17, 15) is 4.79 Å². The van der Waals surface area contributed by atoms with E-state index in [1.54, 1.807) is 0 Å². The summed E-state index contributed by atoms with van der Waals surface area (Å²) in [7, 11) is 4.09. The van der Waals surface area contributed by atoms with Gasteiger partial charge in [-0.1, -0.05) is 29.8 Å². The number of hydrogen-bond acceptors (Lipinski definition) is 3. The molecule has 2 aromatic rings. The minimum atomic E-state index is 0.0223. The number of piperazine rings is 1. The minimum Gasteiger partial charge on any atom is -0.378 e. The van der Waals surface area contributed by atoms with Crippen molar-refractivity contribution in [2.24, 2.45) is 0 Å². The van der Waals surface area contributed by atoms with Gasteiger partial charge in [0.05, 0.1) is 0 Å². The van der Waals surface area contributed by atoms with Crippen LogP contribution in [-0.4, -0.2) is 51.2 Å². The fourth-order valence-electron chi connectivity index (χ4n) is 3.24. The number of aryl methyl sites for hydroxylation is 1. The average molecular weight is 352 g/mol. The lowest BCUT2D eigenvalue weighted by Gasteiger charge is -2.36. The Bertz CT molecular complexity index is 734. The van der Waals surface area contributed by atoms with E-state index in [4.69, 9.17) is 0 Å². The number of urea groups is 1. The summed E-state index contributed by atoms with van der Waals surface area (Å²) in [5.74, 6) is 0. The molecule has 5 heteroatoms. The first-order valence-electron chi connectivity index (χ1n) is 9.13. The molecule has 1 heterocycles. The molecule has 2 amide bonds. The maximum Gasteiger partial charge on any atom is 0.317 e. The molecule has 3 rings (SSSR count). The van der Waals surface area contributed by atoms with E-state index in [1.165, 1.54) is 16.9 Å². The second-order valence-electron chi connectivity index (χ2n) is 7.03. The van der Waals surface area contributed by atoms with Crippen molar-refractivity contribution in [2.75, 3.05) is 50.1 Å². The molecule has 0 aliphatic carbocycles. The first kappa shape index (κ1) is 18.1. The van der Waals surface area contributed by atoms with Gasteiger partial charge in [-0.2, -0.15) is 0 Å². The Kier molecular flexibility index (Phi) is 5.66. The number of benzene rings is 2. The van der Waals surface area contributed by atoms with E-state index in [2.05, 4.69) is 58.4 Å². The fourth-order valence-corrected chi connectivity index (χ4v) is 3.24. The molecule has 1 fully saturated rings. The largest absolute Gasteiger partial charge is 0.378 e. The molecule has 0 unspecified atom stereocenters. The summed E-state index contributed by atoms with van der Waals surface area (Å²) in [6.07, 6.45) is 0. The Balaban J connectivity index is 1.49. The highest BCUT2D eigenvalue weighted by molar-refractivity contribution is 5.74. The van der Waals surface area contributed by atoms with Crippen molar-refractivity contribution in [1.29, 1.82) is 0 Å². The maximum absolute atomic E-state index is 12.4. The van der Waals surface area contributed by atoms with Gasteiger partial charge >= 0.3 is 6.03 Å². The van der Waals surface area contributed by atoms with Crippen molar-refractivity contribution in [1.82, 2.24) is 10.2 Å². The third-order valence-corrected chi connectivity index (χ3v) is 4.82. The van der Waals surface area contributed by atoms with Gasteiger partial charge in [0.15, 0.2) is 0 Å². The first-order chi connectivity index (χ1) is 12.5. The van der Waals surface area contributed by atoms with Gasteiger partial charge in [-0.15, -0.1) is 0 Å². The average Bonchev–Trinajstić information content (AvgIpc) is 2.66. The molecule has 0 spiro atoms. The standard InChI is InChI=1S/C21H28N4O/c1-17-5-4-6-18(15-17)16-22-21(26)25-13-11-24(12-14-25)20-9-7-19(8-10-20)23(2)3/h4-10,15H,11-14,16H2,1-3H3,(H,22,26). The van der Waals surface area contributed by atoms with Crippen LogP contribution in [0.15, 0.2) is 48.5 Å². The monoisotopic (exact) mass is 352 g/mol. The molecule has 1 saturated heterocycles. The molecule has 0 bridgehead atoms. The van der Waals surface area contributed by atoms with Crippen LogP contribution in [0.25, 0.3) is 0 Å². The number of nitrogens with zero attached hydrogens (tertiary/aromatic N) is 3. The number of carbonyl (C=O) groups excluding carboxylic acids is 1. The Morgan fingerprint density at radius 1 is 1.04 bits per heavy atom. The molecule has 5 nitrogen and oxygen atoms in total. The van der Waals surface area contributed by atoms with Crippen LogP contribution in [0.1, 0.15) is 11.1 Å². The van der Waals surface area contributed by atoms with Crippen molar-refractivity contribution in [3.05, 3.63) is 59.7 Å². The lowest BCUT2D eigenvalue weighted by Crippen LogP contribution is -2.51. The highest BCUT2D eigenvalue weighted by Gasteiger charge is 2.21. The fraction of sp³-hybridized carbons (Fsp3) is 0.381. The number of carbonyl (C=O) groups is 1. The summed E-state index contributed by atoms with van der Waals surface area (Å²) >= 11 is 0. The van der Waals surface area contributed by atoms with Gasteiger partial charge in [-0.25, -0.2) is 4.79 Å². The molecule has 1 aliphatic rings. The van der Waals surface area contributed by atoms with Gasteiger partial charge in [-0.05, 0) is 36.8 Å². The van der Waals surface area contributed by atoms with Crippen LogP contribution in [0, 0.1) is 6.92 Å². The van der Waals surface area contributed by atoms with Crippen molar-refractivity contribution in [3.8, 4) is 0 Å². The summed E-state index contributed by atoms with van der Waals surface area (Å²) < 4.78 is 0. The molecular weight excluding hydrogens is 324 g/mol. The van der Waals surface area contributed by atoms with Crippen LogP contribution in [0.2, 0.25) is 0 Å². The van der Waals surface area contributed by atoms with Crippen molar-refractivity contribution in [3.63, 3.8) is 0 Å². The molecule has 1 aliphatic heterocycles. The quantitative estimate of drug-likeness (QED) is 0.919. The summed E-state index contributed by atoms with van der Waals surface area (Å²) in [6, 6.07) is 16.8. The second kappa shape index (κ2) is 8.13. The highest BCUT2D eigenvalue weighted by Crippen LogP contribution is 2.20. The zero-order valence-corrected chi connectivity index (χ0v) is 15.9. The number of amides is 2. The zero-order chi connectivity index (χ0) is 18.5. The Morgan fingerprint density at radius 3 is 2.35 bits per heavy atom. The van der Waals surface area contributed by atoms with E-state index in [1.807, 2.05) is 31.1 Å². The van der Waals surface area contributed by atoms with Crippen LogP contribution in [0.4, 0.5) is 16.2 Å². The van der Waals surface area contributed by atoms with Gasteiger partial charge in [0.25, 0.3) is 0 Å². The van der Waals surface area contributed by atoms with Crippen LogP contribution < -0.4 is 15.1 Å². The zero-order valence-electron chi connectivity index (χ0n) is 15.9. The Morgan fingerprint density at radius 2 is 1.73 bits per heavy atom. The van der Waals surface area contributed by atoms with E-state index in [-0.39, 0.29) is 6.03 Å². The molecule has 26 heavy (non-hydrogen) atoms. The molecule has 0 atom stereocenters. The first-order valence-corrected chi connectivity index (χ1v) is 9.13. The second-order valence-corrected chi connectivity index (χ2v) is 7.03. The Hall–Kier alpha value is -2.69. The molecule has 0 saturated carbocycles. The van der Waals surface area contributed by atoms with E-state index >= 15 is 0 Å². The van der Waals surface area contributed by atoms with Crippen molar-refractivity contribution >= 4 is 17.4 Å². The minimum absolute atomic E-state index is 0.0223. The third kappa shape index (κ3) is 4.48. The summed E-state index contributed by atoms with van der Waals surface area (Å²) in [5.41, 5.74) is 4.77. The maximum atomic E-state index is 12.4. The van der Waals surface area contributed by atoms with Gasteiger partial charge in [0, 0.05) is 58.2 Å². The van der Waals surface area contributed by atoms with Crippen LogP contribution in [0.5, 0.6) is 0 Å². The highest BCUT2D eigenvalue weighted by atomic mass is 16.2. The predicted molar refractivity (Wildman–Crippen MR) is 108 cm³/mol. The van der Waals surface area contributed by atoms with Crippen LogP contribution in [-0.2, 0) is 6.54 Å². The van der Waals surface area contributed by atoms with Gasteiger partial charge < -0.3 is 20.0 Å². The number of anilines is 2. The number of rotatable bonds is 4. The molecule has 2 aromatic carbocycles. The van der Waals surface area contributed by atoms with Crippen molar-refractivity contribution < 1.29 is 4.79 Å². The van der Waals surface area contributed by atoms with E-state index in [0.717, 1.165) is 31.7 Å². The molecule has 0 aromatic heterocycles. The summed E-state index contributed by atoms with van der Waals surface area (Å²) in [4.78, 5) is 18.7. The summed E-state index contributed by atoms with van der Waals surface area (Å²) in [5, 5.41) is 3.03. The van der Waals surface area contributed by atoms with E-state index < -0.39 is 0 Å². The molecular formula is C21H28N4O. The van der Waals surface area contributed by atoms with Gasteiger partial charge in [-0.3, -0.25) is 0 Å². The van der Waals surface area contributed by atoms with Crippen LogP contribution >= 0.6 is 0 Å². The Labute approximate surface area is 156 Å². The number of hydrogen-bond donors (Lipinski definition) is 1. The van der Waals surface area contributed by atoms with E-state index in [0.29, 0.717) is 6.54 Å². The lowest BCUT2D eigenvalue weighted by atomic mass is 10.1. The lowest BCUT2D eigenvalue weighted by molar-refractivity contribution is 0.194. The molecule has 1 N–H and O–H groups in total. The normalized spacial score (nSPS) is 14.3. The van der Waals surface area contributed by atoms with Crippen LogP contribution in [0.3, 0.4) is 0 Å². The molecule has 0 radical (unpaired) electrons. The predicted octanol–water partition coefficient (Wildman–Crippen LogP) is 3.09. The number of nitrogens with one attached hydrogen (secondary N) is 1. The third-order valence-electron chi connectivity index (χ3n) is 4.82. The van der Waals surface area contributed by atoms with Crippen molar-refractivity contribution in [2.45, 2.75) is 13.5 Å². The summed E-state index contributed by atoms with van der Waals surface area (Å²) in [6.45, 7) is 5.85. The molecule has 138 valence electrons. The smallest absolute Gasteiger partial charge is 0.317 e. The van der Waals surface area contributed by atoms with Gasteiger partial charge in [0.1, 0.15) is 0 Å². The van der Waals surface area contributed by atoms with Gasteiger partial charge in [0.2, 0.25) is 0 Å².